The highest BCUT2D eigenvalue weighted by molar-refractivity contribution is 9.10. The molecule has 1 atom stereocenters. The maximum Gasteiger partial charge on any atom is 0.333 e. The summed E-state index contributed by atoms with van der Waals surface area (Å²) in [5, 5.41) is 12.2. The van der Waals surface area contributed by atoms with Gasteiger partial charge < -0.3 is 10.2 Å². The van der Waals surface area contributed by atoms with Gasteiger partial charge in [-0.1, -0.05) is 29.8 Å². The van der Waals surface area contributed by atoms with E-state index >= 15 is 0 Å². The Labute approximate surface area is 282 Å². The molecule has 2 amide bonds. The molecule has 4 heterocycles. The number of benzene rings is 3. The minimum Gasteiger partial charge on any atom is -0.344 e. The van der Waals surface area contributed by atoms with Crippen LogP contribution in [0.5, 0.6) is 0 Å². The average Bonchev–Trinajstić information content (AvgIpc) is 3.88. The van der Waals surface area contributed by atoms with Crippen molar-refractivity contribution < 1.29 is 9.59 Å². The van der Waals surface area contributed by atoms with Gasteiger partial charge in [0.05, 0.1) is 40.4 Å². The van der Waals surface area contributed by atoms with Crippen LogP contribution in [0.4, 0.5) is 0 Å². The molecule has 3 aromatic heterocycles. The van der Waals surface area contributed by atoms with Crippen LogP contribution in [0.15, 0.2) is 113 Å². The zero-order valence-electron chi connectivity index (χ0n) is 25.1. The highest BCUT2D eigenvalue weighted by Crippen LogP contribution is 2.27. The van der Waals surface area contributed by atoms with Gasteiger partial charge in [0.2, 0.25) is 0 Å². The van der Waals surface area contributed by atoms with Crippen LogP contribution in [0.2, 0.25) is 5.02 Å². The van der Waals surface area contributed by atoms with Gasteiger partial charge in [0.15, 0.2) is 0 Å². The standard InChI is InChI=1S/C34H28BrClN8O3/c1-22(26-6-2-3-7-29(26)43-17-5-15-38-43)39-32(45)31-30-21-40(33(46)23-8-13-27(35)28(36)20-23)18-19-41(30)34(47)44(31)25-11-9-24(10-12-25)42-16-4-14-37-42/h2-17,20,22H,18-19,21H2,1H3,(H,39,45)/t22-/m0/s1. The van der Waals surface area contributed by atoms with E-state index in [1.807, 2.05) is 67.8 Å². The number of nitrogens with one attached hydrogen (secondary N) is 1. The number of imidazole rings is 1. The lowest BCUT2D eigenvalue weighted by atomic mass is 10.1. The molecular formula is C34H28BrClN8O3. The first-order chi connectivity index (χ1) is 22.8. The molecule has 13 heteroatoms. The van der Waals surface area contributed by atoms with Crippen molar-refractivity contribution in [2.24, 2.45) is 0 Å². The van der Waals surface area contributed by atoms with Crippen molar-refractivity contribution in [3.05, 3.63) is 146 Å². The van der Waals surface area contributed by atoms with Crippen molar-refractivity contribution in [2.45, 2.75) is 26.1 Å². The second-order valence-electron chi connectivity index (χ2n) is 11.1. The largest absolute Gasteiger partial charge is 0.344 e. The van der Waals surface area contributed by atoms with E-state index in [1.54, 1.807) is 61.6 Å². The van der Waals surface area contributed by atoms with E-state index in [1.165, 1.54) is 4.57 Å². The van der Waals surface area contributed by atoms with E-state index in [4.69, 9.17) is 11.6 Å². The number of carbonyl (C=O) groups is 2. The minimum atomic E-state index is -0.449. The van der Waals surface area contributed by atoms with Crippen LogP contribution in [0, 0.1) is 0 Å². The summed E-state index contributed by atoms with van der Waals surface area (Å²) in [6.07, 6.45) is 7.04. The van der Waals surface area contributed by atoms with Crippen molar-refractivity contribution in [3.63, 3.8) is 0 Å². The van der Waals surface area contributed by atoms with Crippen molar-refractivity contribution in [3.8, 4) is 17.1 Å². The molecule has 0 saturated carbocycles. The topological polar surface area (TPSA) is 112 Å². The molecule has 0 saturated heterocycles. The number of hydrogen-bond donors (Lipinski definition) is 1. The molecule has 11 nitrogen and oxygen atoms in total. The summed E-state index contributed by atoms with van der Waals surface area (Å²) < 4.78 is 7.14. The number of rotatable bonds is 7. The van der Waals surface area contributed by atoms with Gasteiger partial charge in [-0.15, -0.1) is 0 Å². The summed E-state index contributed by atoms with van der Waals surface area (Å²) in [6, 6.07) is 23.1. The normalized spacial score (nSPS) is 13.3. The first kappa shape index (κ1) is 30.5. The highest BCUT2D eigenvalue weighted by Gasteiger charge is 2.33. The number of hydrogen-bond acceptors (Lipinski definition) is 5. The number of carbonyl (C=O) groups excluding carboxylic acids is 2. The lowest BCUT2D eigenvalue weighted by molar-refractivity contribution is 0.0706. The van der Waals surface area contributed by atoms with Crippen molar-refractivity contribution in [2.75, 3.05) is 6.54 Å². The van der Waals surface area contributed by atoms with Crippen molar-refractivity contribution >= 4 is 39.3 Å². The molecule has 0 spiro atoms. The Morgan fingerprint density at radius 2 is 1.60 bits per heavy atom. The average molecular weight is 712 g/mol. The third kappa shape index (κ3) is 5.70. The molecule has 47 heavy (non-hydrogen) atoms. The Morgan fingerprint density at radius 3 is 2.30 bits per heavy atom. The molecule has 6 aromatic rings. The summed E-state index contributed by atoms with van der Waals surface area (Å²) >= 11 is 9.66. The quantitative estimate of drug-likeness (QED) is 0.233. The first-order valence-corrected chi connectivity index (χ1v) is 16.1. The third-order valence-corrected chi connectivity index (χ3v) is 9.46. The van der Waals surface area contributed by atoms with Gasteiger partial charge in [-0.2, -0.15) is 10.2 Å². The lowest BCUT2D eigenvalue weighted by Gasteiger charge is -2.28. The molecule has 1 aliphatic heterocycles. The predicted molar refractivity (Wildman–Crippen MR) is 180 cm³/mol. The van der Waals surface area contributed by atoms with Crippen LogP contribution in [-0.2, 0) is 13.1 Å². The van der Waals surface area contributed by atoms with Crippen LogP contribution < -0.4 is 11.0 Å². The van der Waals surface area contributed by atoms with Crippen LogP contribution in [0.1, 0.15) is 45.1 Å². The number of para-hydroxylation sites is 1. The van der Waals surface area contributed by atoms with E-state index < -0.39 is 11.9 Å². The molecular weight excluding hydrogens is 684 g/mol. The smallest absolute Gasteiger partial charge is 0.333 e. The second kappa shape index (κ2) is 12.5. The second-order valence-corrected chi connectivity index (χ2v) is 12.4. The molecule has 0 fully saturated rings. The van der Waals surface area contributed by atoms with Gasteiger partial charge in [-0.3, -0.25) is 18.7 Å². The molecule has 0 unspecified atom stereocenters. The van der Waals surface area contributed by atoms with Crippen molar-refractivity contribution in [1.82, 2.24) is 38.9 Å². The number of aromatic nitrogens is 6. The third-order valence-electron chi connectivity index (χ3n) is 8.23. The Hall–Kier alpha value is -5.20. The Kier molecular flexibility index (Phi) is 8.12. The zero-order valence-corrected chi connectivity index (χ0v) is 27.5. The molecule has 0 aliphatic carbocycles. The van der Waals surface area contributed by atoms with Gasteiger partial charge >= 0.3 is 5.69 Å². The van der Waals surface area contributed by atoms with Gasteiger partial charge in [0.25, 0.3) is 11.8 Å². The Bertz CT molecular complexity index is 2150. The monoisotopic (exact) mass is 710 g/mol. The summed E-state index contributed by atoms with van der Waals surface area (Å²) in [6.45, 7) is 2.45. The fraction of sp³-hybridized carbons (Fsp3) is 0.147. The molecule has 3 aromatic carbocycles. The van der Waals surface area contributed by atoms with E-state index in [2.05, 4.69) is 31.4 Å². The van der Waals surface area contributed by atoms with Crippen LogP contribution in [0.25, 0.3) is 17.1 Å². The molecule has 1 N–H and O–H groups in total. The van der Waals surface area contributed by atoms with Crippen LogP contribution in [-0.4, -0.2) is 52.0 Å². The van der Waals surface area contributed by atoms with Gasteiger partial charge in [0.1, 0.15) is 5.69 Å². The fourth-order valence-corrected chi connectivity index (χ4v) is 6.34. The summed E-state index contributed by atoms with van der Waals surface area (Å²) in [5.41, 5.74) is 3.64. The number of amides is 2. The Balaban J connectivity index is 1.28. The maximum atomic E-state index is 14.3. The van der Waals surface area contributed by atoms with Gasteiger partial charge in [-0.05, 0) is 89.1 Å². The Morgan fingerprint density at radius 1 is 0.894 bits per heavy atom. The van der Waals surface area contributed by atoms with Crippen LogP contribution in [0.3, 0.4) is 0 Å². The molecule has 1 aliphatic rings. The zero-order chi connectivity index (χ0) is 32.7. The summed E-state index contributed by atoms with van der Waals surface area (Å²) in [4.78, 5) is 43.6. The summed E-state index contributed by atoms with van der Waals surface area (Å²) in [7, 11) is 0. The minimum absolute atomic E-state index is 0.0567. The summed E-state index contributed by atoms with van der Waals surface area (Å²) in [5.74, 6) is -0.696. The molecule has 0 bridgehead atoms. The lowest BCUT2D eigenvalue weighted by Crippen LogP contribution is -2.41. The van der Waals surface area contributed by atoms with E-state index in [0.29, 0.717) is 26.4 Å². The highest BCUT2D eigenvalue weighted by atomic mass is 79.9. The maximum absolute atomic E-state index is 14.3. The van der Waals surface area contributed by atoms with Crippen LogP contribution >= 0.6 is 27.5 Å². The predicted octanol–water partition coefficient (Wildman–Crippen LogP) is 5.57. The molecule has 7 rings (SSSR count). The van der Waals surface area contributed by atoms with E-state index in [-0.39, 0.29) is 36.9 Å². The van der Waals surface area contributed by atoms with Gasteiger partial charge in [-0.25, -0.2) is 14.2 Å². The number of nitrogens with zero attached hydrogens (tertiary/aromatic N) is 7. The SMILES string of the molecule is C[C@H](NC(=O)c1c2n(c(=O)n1-c1ccc(-n3cccn3)cc1)CCN(C(=O)c1ccc(Br)c(Cl)c1)C2)c1ccccc1-n1cccn1. The molecule has 0 radical (unpaired) electrons. The van der Waals surface area contributed by atoms with E-state index in [0.717, 1.165) is 16.9 Å². The first-order valence-electron chi connectivity index (χ1n) is 14.9. The molecule has 236 valence electrons. The van der Waals surface area contributed by atoms with Crippen molar-refractivity contribution in [1.29, 1.82) is 0 Å². The number of fused-ring (bicyclic) bond motifs is 1. The fourth-order valence-electron chi connectivity index (χ4n) is 5.91. The van der Waals surface area contributed by atoms with E-state index in [9.17, 15) is 14.4 Å². The van der Waals surface area contributed by atoms with Gasteiger partial charge in [0, 0.05) is 47.9 Å². The number of halogens is 2.